The van der Waals surface area contributed by atoms with Crippen LogP contribution >= 0.6 is 24.0 Å². The second-order valence-corrected chi connectivity index (χ2v) is 6.36. The Morgan fingerprint density at radius 2 is 1.76 bits per heavy atom. The highest BCUT2D eigenvalue weighted by Gasteiger charge is 2.10. The van der Waals surface area contributed by atoms with Crippen LogP contribution in [0.15, 0.2) is 65.8 Å². The van der Waals surface area contributed by atoms with Gasteiger partial charge in [0.15, 0.2) is 17.5 Å². The van der Waals surface area contributed by atoms with E-state index in [4.69, 9.17) is 9.47 Å². The van der Waals surface area contributed by atoms with E-state index in [0.717, 1.165) is 22.6 Å². The van der Waals surface area contributed by atoms with Gasteiger partial charge in [-0.1, -0.05) is 36.4 Å². The highest BCUT2D eigenvalue weighted by Crippen LogP contribution is 2.26. The van der Waals surface area contributed by atoms with Crippen molar-refractivity contribution in [1.29, 1.82) is 0 Å². The molecule has 1 heterocycles. The fraction of sp³-hybridized carbons (Fsp3) is 0.273. The molecule has 1 unspecified atom stereocenters. The number of benzene rings is 2. The SMILES string of the molecule is CN=C(NCc1nccc2ccccc12)NCC(C)Oc1ccccc1OC.I. The van der Waals surface area contributed by atoms with Crippen molar-refractivity contribution in [2.24, 2.45) is 4.99 Å². The zero-order valence-electron chi connectivity index (χ0n) is 16.9. The van der Waals surface area contributed by atoms with E-state index in [-0.39, 0.29) is 30.1 Å². The number of hydrogen-bond donors (Lipinski definition) is 2. The highest BCUT2D eigenvalue weighted by atomic mass is 127. The second-order valence-electron chi connectivity index (χ2n) is 6.36. The van der Waals surface area contributed by atoms with E-state index < -0.39 is 0 Å². The number of para-hydroxylation sites is 2. The minimum absolute atomic E-state index is 0. The highest BCUT2D eigenvalue weighted by molar-refractivity contribution is 14.0. The van der Waals surface area contributed by atoms with Crippen molar-refractivity contribution in [2.75, 3.05) is 20.7 Å². The molecule has 0 fully saturated rings. The molecule has 1 aromatic heterocycles. The van der Waals surface area contributed by atoms with Gasteiger partial charge in [0.1, 0.15) is 6.10 Å². The van der Waals surface area contributed by atoms with Gasteiger partial charge in [-0.05, 0) is 30.5 Å². The molecule has 0 bridgehead atoms. The van der Waals surface area contributed by atoms with E-state index in [1.165, 1.54) is 5.39 Å². The zero-order chi connectivity index (χ0) is 19.8. The number of rotatable bonds is 7. The molecule has 0 aliphatic heterocycles. The lowest BCUT2D eigenvalue weighted by molar-refractivity contribution is 0.213. The lowest BCUT2D eigenvalue weighted by atomic mass is 10.1. The summed E-state index contributed by atoms with van der Waals surface area (Å²) < 4.78 is 11.3. The molecule has 0 spiro atoms. The van der Waals surface area contributed by atoms with Crippen molar-refractivity contribution in [3.63, 3.8) is 0 Å². The maximum Gasteiger partial charge on any atom is 0.191 e. The molecule has 1 atom stereocenters. The Kier molecular flexibility index (Phi) is 8.98. The standard InChI is InChI=1S/C22H26N4O2.HI/c1-16(28-21-11-7-6-10-20(21)27-3)14-25-22(23-2)26-15-19-18-9-5-4-8-17(18)12-13-24-19;/h4-13,16H,14-15H2,1-3H3,(H2,23,25,26);1H. The molecule has 3 rings (SSSR count). The Balaban J connectivity index is 0.00000300. The van der Waals surface area contributed by atoms with Gasteiger partial charge in [0, 0.05) is 18.6 Å². The summed E-state index contributed by atoms with van der Waals surface area (Å²) in [6, 6.07) is 17.9. The number of nitrogens with zero attached hydrogens (tertiary/aromatic N) is 2. The van der Waals surface area contributed by atoms with Crippen LogP contribution in [0.1, 0.15) is 12.6 Å². The molecule has 29 heavy (non-hydrogen) atoms. The molecule has 0 aliphatic rings. The quantitative estimate of drug-likeness (QED) is 0.288. The average Bonchev–Trinajstić information content (AvgIpc) is 2.74. The first-order valence-corrected chi connectivity index (χ1v) is 9.28. The van der Waals surface area contributed by atoms with E-state index >= 15 is 0 Å². The molecule has 154 valence electrons. The predicted molar refractivity (Wildman–Crippen MR) is 128 cm³/mol. The number of aromatic nitrogens is 1. The molecule has 0 amide bonds. The average molecular weight is 506 g/mol. The topological polar surface area (TPSA) is 67.8 Å². The molecule has 0 radical (unpaired) electrons. The van der Waals surface area contributed by atoms with Crippen LogP contribution < -0.4 is 20.1 Å². The van der Waals surface area contributed by atoms with Crippen molar-refractivity contribution in [3.05, 3.63) is 66.5 Å². The summed E-state index contributed by atoms with van der Waals surface area (Å²) in [5.41, 5.74) is 0.986. The monoisotopic (exact) mass is 506 g/mol. The lowest BCUT2D eigenvalue weighted by Crippen LogP contribution is -2.41. The molecule has 0 aliphatic carbocycles. The normalized spacial score (nSPS) is 12.0. The number of guanidine groups is 1. The largest absolute Gasteiger partial charge is 0.493 e. The van der Waals surface area contributed by atoms with E-state index in [0.29, 0.717) is 19.0 Å². The van der Waals surface area contributed by atoms with Gasteiger partial charge in [0.2, 0.25) is 0 Å². The summed E-state index contributed by atoms with van der Waals surface area (Å²) in [5, 5.41) is 8.92. The van der Waals surface area contributed by atoms with Crippen LogP contribution in [0.25, 0.3) is 10.8 Å². The van der Waals surface area contributed by atoms with Crippen molar-refractivity contribution in [2.45, 2.75) is 19.6 Å². The summed E-state index contributed by atoms with van der Waals surface area (Å²) in [7, 11) is 3.38. The molecule has 3 aromatic rings. The summed E-state index contributed by atoms with van der Waals surface area (Å²) in [5.74, 6) is 2.14. The first-order valence-electron chi connectivity index (χ1n) is 9.28. The third-order valence-corrected chi connectivity index (χ3v) is 4.36. The molecular weight excluding hydrogens is 479 g/mol. The van der Waals surface area contributed by atoms with Gasteiger partial charge in [-0.2, -0.15) is 0 Å². The fourth-order valence-electron chi connectivity index (χ4n) is 2.93. The number of aliphatic imine (C=N–C) groups is 1. The van der Waals surface area contributed by atoms with Gasteiger partial charge in [0.05, 0.1) is 25.9 Å². The number of ether oxygens (including phenoxy) is 2. The molecule has 2 aromatic carbocycles. The lowest BCUT2D eigenvalue weighted by Gasteiger charge is -2.19. The molecule has 2 N–H and O–H groups in total. The van der Waals surface area contributed by atoms with Crippen molar-refractivity contribution >= 4 is 40.7 Å². The fourth-order valence-corrected chi connectivity index (χ4v) is 2.93. The minimum atomic E-state index is -0.0643. The number of methoxy groups -OCH3 is 1. The van der Waals surface area contributed by atoms with Crippen LogP contribution in [0.4, 0.5) is 0 Å². The van der Waals surface area contributed by atoms with Crippen LogP contribution in [0, 0.1) is 0 Å². The smallest absolute Gasteiger partial charge is 0.191 e. The number of nitrogens with one attached hydrogen (secondary N) is 2. The summed E-state index contributed by atoms with van der Waals surface area (Å²) in [4.78, 5) is 8.78. The number of hydrogen-bond acceptors (Lipinski definition) is 4. The maximum absolute atomic E-state index is 5.97. The van der Waals surface area contributed by atoms with Gasteiger partial charge in [0.25, 0.3) is 0 Å². The summed E-state index contributed by atoms with van der Waals surface area (Å²) in [6.45, 7) is 3.18. The van der Waals surface area contributed by atoms with Crippen molar-refractivity contribution in [1.82, 2.24) is 15.6 Å². The minimum Gasteiger partial charge on any atom is -0.493 e. The first kappa shape index (κ1) is 22.7. The Morgan fingerprint density at radius 3 is 2.52 bits per heavy atom. The van der Waals surface area contributed by atoms with Crippen LogP contribution in [-0.4, -0.2) is 37.7 Å². The molecule has 0 saturated carbocycles. The van der Waals surface area contributed by atoms with Crippen molar-refractivity contribution in [3.8, 4) is 11.5 Å². The van der Waals surface area contributed by atoms with E-state index in [2.05, 4.69) is 32.7 Å². The van der Waals surface area contributed by atoms with Crippen LogP contribution in [0.2, 0.25) is 0 Å². The van der Waals surface area contributed by atoms with Gasteiger partial charge in [-0.3, -0.25) is 9.98 Å². The molecule has 7 heteroatoms. The summed E-state index contributed by atoms with van der Waals surface area (Å²) in [6.07, 6.45) is 1.77. The van der Waals surface area contributed by atoms with Crippen LogP contribution in [0.5, 0.6) is 11.5 Å². The third kappa shape index (κ3) is 6.22. The zero-order valence-corrected chi connectivity index (χ0v) is 19.2. The Morgan fingerprint density at radius 1 is 1.03 bits per heavy atom. The number of halogens is 1. The van der Waals surface area contributed by atoms with Gasteiger partial charge in [-0.15, -0.1) is 24.0 Å². The van der Waals surface area contributed by atoms with Gasteiger partial charge in [-0.25, -0.2) is 0 Å². The second kappa shape index (κ2) is 11.5. The maximum atomic E-state index is 5.97. The Labute approximate surface area is 188 Å². The predicted octanol–water partition coefficient (Wildman–Crippen LogP) is 3.99. The van der Waals surface area contributed by atoms with Gasteiger partial charge < -0.3 is 20.1 Å². The Bertz CT molecular complexity index is 944. The van der Waals surface area contributed by atoms with Gasteiger partial charge >= 0.3 is 0 Å². The Hall–Kier alpha value is -2.55. The number of pyridine rings is 1. The first-order chi connectivity index (χ1) is 13.7. The van der Waals surface area contributed by atoms with Crippen molar-refractivity contribution < 1.29 is 9.47 Å². The molecule has 0 saturated heterocycles. The summed E-state index contributed by atoms with van der Waals surface area (Å²) >= 11 is 0. The molecule has 6 nitrogen and oxygen atoms in total. The van der Waals surface area contributed by atoms with E-state index in [1.807, 2.05) is 55.6 Å². The molecular formula is C22H27IN4O2. The third-order valence-electron chi connectivity index (χ3n) is 4.36. The van der Waals surface area contributed by atoms with Crippen LogP contribution in [0.3, 0.4) is 0 Å². The van der Waals surface area contributed by atoms with E-state index in [1.54, 1.807) is 14.2 Å². The number of fused-ring (bicyclic) bond motifs is 1. The van der Waals surface area contributed by atoms with E-state index in [9.17, 15) is 0 Å². The van der Waals surface area contributed by atoms with Crippen LogP contribution in [-0.2, 0) is 6.54 Å².